The van der Waals surface area contributed by atoms with Crippen molar-refractivity contribution in [3.05, 3.63) is 11.1 Å². The normalized spacial score (nSPS) is 44.4. The van der Waals surface area contributed by atoms with E-state index in [1.54, 1.807) is 0 Å². The number of hydrogen-bond donors (Lipinski definition) is 2. The molecule has 4 aliphatic carbocycles. The molecule has 0 bridgehead atoms. The van der Waals surface area contributed by atoms with Crippen LogP contribution in [0.3, 0.4) is 0 Å². The van der Waals surface area contributed by atoms with Crippen LogP contribution in [0.4, 0.5) is 0 Å². The van der Waals surface area contributed by atoms with Crippen molar-refractivity contribution < 1.29 is 29.6 Å². The number of aliphatic carboxylic acids is 1. The lowest BCUT2D eigenvalue weighted by Gasteiger charge is -2.64. The number of aliphatic hydroxyl groups excluding tert-OH is 1. The number of epoxide rings is 1. The molecule has 5 rings (SSSR count). The van der Waals surface area contributed by atoms with E-state index < -0.39 is 35.8 Å². The number of hydrogen-bond acceptors (Lipinski definition) is 6. The molecule has 6 heteroatoms. The Labute approximate surface area is 222 Å². The number of ketones is 1. The molecule has 208 valence electrons. The third-order valence-corrected chi connectivity index (χ3v) is 12.1. The first-order chi connectivity index (χ1) is 17.0. The summed E-state index contributed by atoms with van der Waals surface area (Å²) < 4.78 is 5.71. The van der Waals surface area contributed by atoms with Gasteiger partial charge in [-0.05, 0) is 93.3 Å². The molecular weight excluding hydrogens is 468 g/mol. The van der Waals surface area contributed by atoms with Gasteiger partial charge in [-0.1, -0.05) is 45.8 Å². The van der Waals surface area contributed by atoms with Crippen LogP contribution in [-0.4, -0.2) is 45.4 Å². The van der Waals surface area contributed by atoms with Gasteiger partial charge in [0, 0.05) is 24.2 Å². The minimum Gasteiger partial charge on any atom is -0.550 e. The second kappa shape index (κ2) is 8.38. The smallest absolute Gasteiger partial charge is 0.138 e. The van der Waals surface area contributed by atoms with Crippen LogP contribution in [0.25, 0.3) is 0 Å². The van der Waals surface area contributed by atoms with Crippen LogP contribution in [0.2, 0.25) is 0 Å². The first kappa shape index (κ1) is 27.3. The average Bonchev–Trinajstić information content (AvgIpc) is 3.29. The van der Waals surface area contributed by atoms with Crippen LogP contribution < -0.4 is 5.11 Å². The number of carbonyl (C=O) groups excluding carboxylic acids is 2. The highest BCUT2D eigenvalue weighted by atomic mass is 16.6. The molecule has 1 aliphatic heterocycles. The van der Waals surface area contributed by atoms with E-state index in [1.165, 1.54) is 11.1 Å². The minimum atomic E-state index is -1.48. The van der Waals surface area contributed by atoms with Gasteiger partial charge in [0.15, 0.2) is 0 Å². The van der Waals surface area contributed by atoms with E-state index in [1.807, 2.05) is 13.8 Å². The summed E-state index contributed by atoms with van der Waals surface area (Å²) >= 11 is 0. The fraction of sp³-hybridized carbons (Fsp3) is 0.871. The van der Waals surface area contributed by atoms with E-state index in [-0.39, 0.29) is 28.1 Å². The lowest BCUT2D eigenvalue weighted by atomic mass is 9.40. The zero-order valence-electron chi connectivity index (χ0n) is 23.9. The number of aliphatic hydroxyl groups is 2. The van der Waals surface area contributed by atoms with Gasteiger partial charge < -0.3 is 24.9 Å². The van der Waals surface area contributed by atoms with Gasteiger partial charge in [0.2, 0.25) is 0 Å². The number of allylic oxidation sites excluding steroid dienone is 1. The van der Waals surface area contributed by atoms with E-state index >= 15 is 0 Å². The van der Waals surface area contributed by atoms with Gasteiger partial charge in [-0.25, -0.2) is 0 Å². The minimum absolute atomic E-state index is 0.00507. The van der Waals surface area contributed by atoms with Gasteiger partial charge in [-0.2, -0.15) is 0 Å². The average molecular weight is 516 g/mol. The highest BCUT2D eigenvalue weighted by Gasteiger charge is 2.65. The van der Waals surface area contributed by atoms with E-state index in [0.717, 1.165) is 32.1 Å². The SMILES string of the molecule is C[C@H](C[C@](O)(CC(=O)[O-])[C@H]1OC1(C)C)C1=C2C[C@H](O)[C@@H]3[C@H](CCC4C(C)(C)C(=O)CCC43C)[C@@]2(C)CC1. The molecule has 0 amide bonds. The van der Waals surface area contributed by atoms with Crippen molar-refractivity contribution >= 4 is 11.8 Å². The molecule has 0 aromatic carbocycles. The van der Waals surface area contributed by atoms with E-state index in [9.17, 15) is 24.9 Å². The molecule has 3 saturated carbocycles. The molecular formula is C31H47O6-. The number of carbonyl (C=O) groups is 2. The molecule has 0 radical (unpaired) electrons. The number of fused-ring (bicyclic) bond motifs is 5. The number of ether oxygens (including phenoxy) is 1. The highest BCUT2D eigenvalue weighted by molar-refractivity contribution is 5.85. The van der Waals surface area contributed by atoms with Gasteiger partial charge in [0.05, 0.1) is 17.3 Å². The fourth-order valence-electron chi connectivity index (χ4n) is 10.3. The molecule has 4 fully saturated rings. The molecule has 9 atom stereocenters. The standard InChI is InChI=1S/C31H48O6/c1-17(15-31(36,16-24(34)35)26-28(4,5)37-26)18-10-12-29(6)19-8-9-22-27(2,3)23(33)11-13-30(22,7)25(19)21(32)14-20(18)29/h17,19,21-22,25-26,32,36H,8-16H2,1-7H3,(H,34,35)/p-1/t17-,19+,21+,22?,25+,26+,29-,30?,31+/m1/s1. The van der Waals surface area contributed by atoms with Gasteiger partial charge in [0.25, 0.3) is 0 Å². The van der Waals surface area contributed by atoms with E-state index in [0.29, 0.717) is 36.9 Å². The van der Waals surface area contributed by atoms with Crippen LogP contribution in [0.5, 0.6) is 0 Å². The predicted molar refractivity (Wildman–Crippen MR) is 138 cm³/mol. The van der Waals surface area contributed by atoms with Crippen molar-refractivity contribution in [1.82, 2.24) is 0 Å². The lowest BCUT2D eigenvalue weighted by Crippen LogP contribution is -2.61. The Kier molecular flexibility index (Phi) is 6.19. The van der Waals surface area contributed by atoms with Gasteiger partial charge >= 0.3 is 0 Å². The Bertz CT molecular complexity index is 1030. The monoisotopic (exact) mass is 515 g/mol. The number of carboxylic acid groups (broad SMARTS) is 1. The molecule has 37 heavy (non-hydrogen) atoms. The lowest BCUT2D eigenvalue weighted by molar-refractivity contribution is -0.309. The van der Waals surface area contributed by atoms with Gasteiger partial charge in [-0.15, -0.1) is 0 Å². The van der Waals surface area contributed by atoms with E-state index in [2.05, 4.69) is 34.6 Å². The van der Waals surface area contributed by atoms with Crippen LogP contribution in [0.1, 0.15) is 106 Å². The van der Waals surface area contributed by atoms with Crippen LogP contribution >= 0.6 is 0 Å². The molecule has 2 N–H and O–H groups in total. The Balaban J connectivity index is 1.44. The third-order valence-electron chi connectivity index (χ3n) is 12.1. The molecule has 1 saturated heterocycles. The first-order valence-electron chi connectivity index (χ1n) is 14.5. The zero-order valence-corrected chi connectivity index (χ0v) is 23.9. The second-order valence-electron chi connectivity index (χ2n) is 15.0. The van der Waals surface area contributed by atoms with Crippen molar-refractivity contribution in [3.8, 4) is 0 Å². The van der Waals surface area contributed by atoms with Crippen molar-refractivity contribution in [2.75, 3.05) is 0 Å². The van der Waals surface area contributed by atoms with Gasteiger partial charge in [0.1, 0.15) is 11.9 Å². The summed E-state index contributed by atoms with van der Waals surface area (Å²) in [4.78, 5) is 24.4. The zero-order chi connectivity index (χ0) is 27.3. The fourth-order valence-corrected chi connectivity index (χ4v) is 10.3. The second-order valence-corrected chi connectivity index (χ2v) is 15.0. The summed E-state index contributed by atoms with van der Waals surface area (Å²) in [6.45, 7) is 14.8. The Morgan fingerprint density at radius 3 is 2.38 bits per heavy atom. The number of carboxylic acids is 1. The summed E-state index contributed by atoms with van der Waals surface area (Å²) in [6, 6.07) is 0. The summed E-state index contributed by atoms with van der Waals surface area (Å²) in [5.41, 5.74) is 0.225. The molecule has 2 unspecified atom stereocenters. The van der Waals surface area contributed by atoms with Crippen LogP contribution in [0, 0.1) is 39.9 Å². The maximum atomic E-state index is 12.9. The quantitative estimate of drug-likeness (QED) is 0.409. The maximum absolute atomic E-state index is 12.9. The van der Waals surface area contributed by atoms with Crippen LogP contribution in [-0.2, 0) is 14.3 Å². The molecule has 0 spiro atoms. The predicted octanol–water partition coefficient (Wildman–Crippen LogP) is 3.96. The molecule has 1 heterocycles. The number of Topliss-reactive ketones (excluding diaryl/α,β-unsaturated/α-hetero) is 1. The topological polar surface area (TPSA) is 110 Å². The largest absolute Gasteiger partial charge is 0.550 e. The molecule has 6 nitrogen and oxygen atoms in total. The summed E-state index contributed by atoms with van der Waals surface area (Å²) in [6.07, 6.45) is 5.01. The van der Waals surface area contributed by atoms with Crippen molar-refractivity contribution in [1.29, 1.82) is 0 Å². The van der Waals surface area contributed by atoms with Gasteiger partial charge in [-0.3, -0.25) is 4.79 Å². The third kappa shape index (κ3) is 3.98. The van der Waals surface area contributed by atoms with Crippen molar-refractivity contribution in [3.63, 3.8) is 0 Å². The van der Waals surface area contributed by atoms with Crippen molar-refractivity contribution in [2.24, 2.45) is 39.9 Å². The summed E-state index contributed by atoms with van der Waals surface area (Å²) in [7, 11) is 0. The molecule has 5 aliphatic rings. The Hall–Kier alpha value is -1.24. The van der Waals surface area contributed by atoms with Crippen molar-refractivity contribution in [2.45, 2.75) is 130 Å². The Morgan fingerprint density at radius 2 is 1.78 bits per heavy atom. The maximum Gasteiger partial charge on any atom is 0.138 e. The van der Waals surface area contributed by atoms with Crippen LogP contribution in [0.15, 0.2) is 11.1 Å². The highest BCUT2D eigenvalue weighted by Crippen LogP contribution is 2.69. The first-order valence-corrected chi connectivity index (χ1v) is 14.5. The molecule has 0 aromatic rings. The van der Waals surface area contributed by atoms with E-state index in [4.69, 9.17) is 4.74 Å². The number of rotatable bonds is 6. The molecule has 0 aromatic heterocycles. The Morgan fingerprint density at radius 1 is 1.14 bits per heavy atom. The summed E-state index contributed by atoms with van der Waals surface area (Å²) in [5.74, 6) is -0.0542. The summed E-state index contributed by atoms with van der Waals surface area (Å²) in [5, 5.41) is 34.8.